The van der Waals surface area contributed by atoms with Gasteiger partial charge in [0.1, 0.15) is 0 Å². The van der Waals surface area contributed by atoms with Crippen LogP contribution in [-0.2, 0) is 37.9 Å². The second-order valence-corrected chi connectivity index (χ2v) is 29.2. The van der Waals surface area contributed by atoms with Crippen LogP contribution in [0.5, 0.6) is 0 Å². The highest BCUT2D eigenvalue weighted by Crippen LogP contribution is 2.56. The summed E-state index contributed by atoms with van der Waals surface area (Å²) < 4.78 is 2.80. The molecule has 0 saturated heterocycles. The van der Waals surface area contributed by atoms with Crippen LogP contribution in [0.4, 0.5) is 34.1 Å². The number of anilines is 6. The Kier molecular flexibility index (Phi) is 10.5. The Balaban J connectivity index is 1.29. The highest BCUT2D eigenvalue weighted by atomic mass is 32.1. The Bertz CT molecular complexity index is 3320. The number of fused-ring (bicyclic) bond motifs is 8. The third-order valence-corrected chi connectivity index (χ3v) is 19.1. The maximum Gasteiger partial charge on any atom is 0.264 e. The average Bonchev–Trinajstić information content (AvgIpc) is 3.66. The van der Waals surface area contributed by atoms with Gasteiger partial charge in [-0.25, -0.2) is 0 Å². The summed E-state index contributed by atoms with van der Waals surface area (Å²) in [7, 11) is 0. The molecule has 6 aromatic carbocycles. The largest absolute Gasteiger partial charge is 0.311 e. The smallest absolute Gasteiger partial charge is 0.264 e. The Hall–Kier alpha value is -5.06. The van der Waals surface area contributed by atoms with Crippen LogP contribution < -0.4 is 25.5 Å². The molecule has 0 fully saturated rings. The molecule has 0 radical (unpaired) electrons. The molecule has 0 amide bonds. The molecule has 0 saturated carbocycles. The lowest BCUT2D eigenvalue weighted by molar-refractivity contribution is 0.332. The van der Waals surface area contributed by atoms with E-state index in [4.69, 9.17) is 0 Å². The zero-order chi connectivity index (χ0) is 50.9. The summed E-state index contributed by atoms with van der Waals surface area (Å²) in [5.74, 6) is 0. The molecule has 2 nitrogen and oxygen atoms in total. The fraction of sp³-hybridized carbons (Fsp3) is 0.433. The van der Waals surface area contributed by atoms with Gasteiger partial charge in [-0.15, -0.1) is 11.3 Å². The van der Waals surface area contributed by atoms with E-state index in [-0.39, 0.29) is 44.6 Å². The third kappa shape index (κ3) is 7.60. The Morgan fingerprint density at radius 3 is 1.44 bits per heavy atom. The summed E-state index contributed by atoms with van der Waals surface area (Å²) in [5, 5.41) is 1.36. The van der Waals surface area contributed by atoms with Gasteiger partial charge in [0, 0.05) is 43.2 Å². The predicted molar refractivity (Wildman–Crippen MR) is 313 cm³/mol. The Morgan fingerprint density at radius 2 is 0.915 bits per heavy atom. The molecular formula is C67H79BN2S. The monoisotopic (exact) mass is 955 g/mol. The molecule has 11 rings (SSSR count). The van der Waals surface area contributed by atoms with Gasteiger partial charge in [0.05, 0.1) is 11.4 Å². The number of nitrogens with zero attached hydrogens (tertiary/aromatic N) is 2. The van der Waals surface area contributed by atoms with Crippen molar-refractivity contribution < 1.29 is 0 Å². The van der Waals surface area contributed by atoms with Crippen LogP contribution >= 0.6 is 11.3 Å². The van der Waals surface area contributed by atoms with Gasteiger partial charge >= 0.3 is 0 Å². The number of thiophene rings is 1. The van der Waals surface area contributed by atoms with E-state index in [2.05, 4.69) is 238 Å². The quantitative estimate of drug-likeness (QED) is 0.163. The summed E-state index contributed by atoms with van der Waals surface area (Å²) in [6, 6.07) is 42.3. The molecule has 1 aromatic heterocycles. The van der Waals surface area contributed by atoms with Crippen LogP contribution in [0.1, 0.15) is 188 Å². The molecule has 0 spiro atoms. The van der Waals surface area contributed by atoms with Crippen molar-refractivity contribution >= 4 is 78.0 Å². The Labute approximate surface area is 432 Å². The van der Waals surface area contributed by atoms with Crippen molar-refractivity contribution in [3.8, 4) is 11.1 Å². The molecule has 4 aliphatic rings. The summed E-state index contributed by atoms with van der Waals surface area (Å²) in [6.07, 6.45) is 4.68. The van der Waals surface area contributed by atoms with Gasteiger partial charge in [0.25, 0.3) is 6.71 Å². The van der Waals surface area contributed by atoms with Crippen LogP contribution in [0.15, 0.2) is 103 Å². The number of aryl methyl sites for hydroxylation is 1. The van der Waals surface area contributed by atoms with Gasteiger partial charge in [0.15, 0.2) is 0 Å². The zero-order valence-corrected chi connectivity index (χ0v) is 47.3. The van der Waals surface area contributed by atoms with Crippen molar-refractivity contribution in [3.63, 3.8) is 0 Å². The first-order valence-electron chi connectivity index (χ1n) is 26.9. The van der Waals surface area contributed by atoms with Crippen molar-refractivity contribution in [1.29, 1.82) is 0 Å². The molecular weight excluding hydrogens is 876 g/mol. The minimum atomic E-state index is 0.0113. The standard InChI is InChI=1S/C67H79BN2S/c1-40-33-55-58-56(34-40)70(53-38-50-48(64(11,12)29-31-66(50,15)16)36-46(53)41-19-21-42(22-20-41)61(2,3)4)54-39-51-49(65(13,14)30-32-67(51,17)18)37-52(54)68(58)60-59(47-35-44(63(8,9)10)25-28-57(47)71-60)69(55)45-26-23-43(24-27-45)62(5,6)7/h19-28,33-39H,29-32H2,1-18H3. The lowest BCUT2D eigenvalue weighted by Crippen LogP contribution is -2.61. The van der Waals surface area contributed by atoms with E-state index in [0.717, 1.165) is 6.42 Å². The molecule has 71 heavy (non-hydrogen) atoms. The van der Waals surface area contributed by atoms with Crippen LogP contribution in [0.3, 0.4) is 0 Å². The van der Waals surface area contributed by atoms with Gasteiger partial charge in [-0.3, -0.25) is 0 Å². The predicted octanol–water partition coefficient (Wildman–Crippen LogP) is 17.5. The summed E-state index contributed by atoms with van der Waals surface area (Å²) in [4.78, 5) is 5.45. The summed E-state index contributed by atoms with van der Waals surface area (Å²) in [5.41, 5.74) is 24.9. The number of benzene rings is 6. The van der Waals surface area contributed by atoms with Gasteiger partial charge in [0.2, 0.25) is 0 Å². The molecule has 0 bridgehead atoms. The van der Waals surface area contributed by atoms with Gasteiger partial charge in [-0.1, -0.05) is 166 Å². The lowest BCUT2D eigenvalue weighted by Gasteiger charge is -2.48. The van der Waals surface area contributed by atoms with Crippen LogP contribution in [0.2, 0.25) is 0 Å². The second kappa shape index (κ2) is 15.5. The van der Waals surface area contributed by atoms with E-state index in [0.29, 0.717) is 0 Å². The minimum absolute atomic E-state index is 0.0113. The number of hydrogen-bond donors (Lipinski definition) is 0. The first-order chi connectivity index (χ1) is 33.0. The number of rotatable bonds is 3. The first kappa shape index (κ1) is 48.2. The lowest BCUT2D eigenvalue weighted by atomic mass is 9.35. The molecule has 0 N–H and O–H groups in total. The van der Waals surface area contributed by atoms with Crippen LogP contribution in [0.25, 0.3) is 21.2 Å². The van der Waals surface area contributed by atoms with Crippen molar-refractivity contribution in [2.24, 2.45) is 0 Å². The SMILES string of the molecule is Cc1cc2c3c(c1)N(c1ccc(C(C)(C)C)cc1)c1c(sc4ccc(C(C)(C)C)cc14)B3c1cc3c(cc1N2c1cc2c(cc1-c1ccc(C(C)(C)C)cc1)C(C)(C)CCC2(C)C)C(C)(C)CCC3(C)C. The molecule has 366 valence electrons. The zero-order valence-electron chi connectivity index (χ0n) is 46.5. The molecule has 2 aliphatic heterocycles. The van der Waals surface area contributed by atoms with Crippen molar-refractivity contribution in [2.75, 3.05) is 9.80 Å². The van der Waals surface area contributed by atoms with E-state index >= 15 is 0 Å². The van der Waals surface area contributed by atoms with Gasteiger partial charge in [-0.05, 0) is 186 Å². The minimum Gasteiger partial charge on any atom is -0.311 e. The molecule has 0 atom stereocenters. The van der Waals surface area contributed by atoms with Crippen molar-refractivity contribution in [2.45, 2.75) is 188 Å². The van der Waals surface area contributed by atoms with E-state index in [9.17, 15) is 0 Å². The fourth-order valence-corrected chi connectivity index (χ4v) is 14.2. The van der Waals surface area contributed by atoms with E-state index in [1.807, 2.05) is 11.3 Å². The molecule has 3 heterocycles. The first-order valence-corrected chi connectivity index (χ1v) is 27.7. The maximum absolute atomic E-state index is 2.78. The summed E-state index contributed by atoms with van der Waals surface area (Å²) >= 11 is 2.03. The Morgan fingerprint density at radius 1 is 0.465 bits per heavy atom. The van der Waals surface area contributed by atoms with Crippen LogP contribution in [0, 0.1) is 6.92 Å². The second-order valence-electron chi connectivity index (χ2n) is 28.1. The molecule has 4 heteroatoms. The average molecular weight is 955 g/mol. The van der Waals surface area contributed by atoms with E-state index < -0.39 is 0 Å². The van der Waals surface area contributed by atoms with E-state index in [1.165, 1.54) is 135 Å². The normalized spacial score (nSPS) is 18.4. The van der Waals surface area contributed by atoms with Gasteiger partial charge in [-0.2, -0.15) is 0 Å². The summed E-state index contributed by atoms with van der Waals surface area (Å²) in [6.45, 7) is 43.4. The highest BCUT2D eigenvalue weighted by molar-refractivity contribution is 7.33. The maximum atomic E-state index is 2.78. The molecule has 2 aliphatic carbocycles. The topological polar surface area (TPSA) is 6.48 Å². The van der Waals surface area contributed by atoms with Crippen LogP contribution in [-0.4, -0.2) is 6.71 Å². The van der Waals surface area contributed by atoms with E-state index in [1.54, 1.807) is 0 Å². The highest BCUT2D eigenvalue weighted by Gasteiger charge is 2.49. The fourth-order valence-electron chi connectivity index (χ4n) is 13.0. The molecule has 7 aromatic rings. The van der Waals surface area contributed by atoms with Crippen molar-refractivity contribution in [3.05, 3.63) is 148 Å². The van der Waals surface area contributed by atoms with Gasteiger partial charge < -0.3 is 9.80 Å². The third-order valence-electron chi connectivity index (χ3n) is 17.9. The molecule has 0 unspecified atom stereocenters. The number of hydrogen-bond acceptors (Lipinski definition) is 3. The van der Waals surface area contributed by atoms with Crippen molar-refractivity contribution in [1.82, 2.24) is 0 Å².